The Kier molecular flexibility index (Phi) is 4.64. The predicted octanol–water partition coefficient (Wildman–Crippen LogP) is 1.27. The zero-order valence-corrected chi connectivity index (χ0v) is 6.89. The minimum atomic E-state index is -3.72. The highest BCUT2D eigenvalue weighted by atomic mass is 32.2. The van der Waals surface area contributed by atoms with Gasteiger partial charge in [-0.05, 0) is 19.3 Å². The monoisotopic (exact) mass is 165 g/mol. The molecular weight excluding hydrogens is 152 g/mol. The molecule has 0 amide bonds. The Morgan fingerprint density at radius 3 is 2.50 bits per heavy atom. The van der Waals surface area contributed by atoms with Crippen LogP contribution in [0.3, 0.4) is 0 Å². The third kappa shape index (κ3) is 7.91. The van der Waals surface area contributed by atoms with Gasteiger partial charge in [-0.25, -0.2) is 0 Å². The fourth-order valence-corrected chi connectivity index (χ4v) is 1.15. The van der Waals surface area contributed by atoms with Crippen LogP contribution in [-0.2, 0) is 10.1 Å². The fraction of sp³-hybridized carbons (Fsp3) is 0.833. The van der Waals surface area contributed by atoms with Gasteiger partial charge in [0.25, 0.3) is 10.1 Å². The summed E-state index contributed by atoms with van der Waals surface area (Å²) in [7, 11) is -3.72. The van der Waals surface area contributed by atoms with E-state index >= 15 is 0 Å². The van der Waals surface area contributed by atoms with Gasteiger partial charge >= 0.3 is 0 Å². The third-order valence-corrected chi connectivity index (χ3v) is 1.90. The third-order valence-electron chi connectivity index (χ3n) is 1.10. The molecule has 0 aromatic carbocycles. The van der Waals surface area contributed by atoms with E-state index in [1.807, 2.05) is 13.3 Å². The quantitative estimate of drug-likeness (QED) is 0.493. The first kappa shape index (κ1) is 9.91. The van der Waals surface area contributed by atoms with Gasteiger partial charge in [0, 0.05) is 0 Å². The van der Waals surface area contributed by atoms with Crippen LogP contribution in [0.25, 0.3) is 0 Å². The van der Waals surface area contributed by atoms with Crippen LogP contribution >= 0.6 is 0 Å². The Morgan fingerprint density at radius 2 is 2.10 bits per heavy atom. The van der Waals surface area contributed by atoms with Crippen molar-refractivity contribution >= 4 is 10.1 Å². The maximum atomic E-state index is 10.1. The highest BCUT2D eigenvalue weighted by Crippen LogP contribution is 1.99. The molecule has 0 fully saturated rings. The van der Waals surface area contributed by atoms with Crippen molar-refractivity contribution < 1.29 is 13.0 Å². The second-order valence-corrected chi connectivity index (χ2v) is 3.70. The van der Waals surface area contributed by atoms with E-state index in [0.29, 0.717) is 6.42 Å². The van der Waals surface area contributed by atoms with Gasteiger partial charge in [-0.2, -0.15) is 8.42 Å². The Balaban J connectivity index is 3.21. The summed E-state index contributed by atoms with van der Waals surface area (Å²) in [6, 6.07) is 0. The number of hydrogen-bond donors (Lipinski definition) is 1. The largest absolute Gasteiger partial charge is 0.286 e. The standard InChI is InChI=1S/C6H13O3S/c1-2-3-4-5-6-10(7,8)9/h3H,2,4-6H2,1H3,(H,7,8,9). The van der Waals surface area contributed by atoms with Crippen molar-refractivity contribution in [3.63, 3.8) is 0 Å². The average molecular weight is 165 g/mol. The summed E-state index contributed by atoms with van der Waals surface area (Å²) in [4.78, 5) is 0. The molecule has 61 valence electrons. The summed E-state index contributed by atoms with van der Waals surface area (Å²) in [5.41, 5.74) is 0. The first-order chi connectivity index (χ1) is 4.56. The van der Waals surface area contributed by atoms with Crippen LogP contribution in [0.15, 0.2) is 0 Å². The van der Waals surface area contributed by atoms with E-state index in [-0.39, 0.29) is 5.75 Å². The molecule has 0 unspecified atom stereocenters. The van der Waals surface area contributed by atoms with Gasteiger partial charge in [0.2, 0.25) is 0 Å². The molecule has 0 rings (SSSR count). The fourth-order valence-electron chi connectivity index (χ4n) is 0.614. The van der Waals surface area contributed by atoms with Crippen molar-refractivity contribution in [1.82, 2.24) is 0 Å². The molecule has 0 saturated heterocycles. The molecule has 1 N–H and O–H groups in total. The molecule has 0 aliphatic rings. The number of rotatable bonds is 5. The van der Waals surface area contributed by atoms with Crippen molar-refractivity contribution in [2.45, 2.75) is 26.2 Å². The molecule has 0 heterocycles. The lowest BCUT2D eigenvalue weighted by atomic mass is 10.2. The van der Waals surface area contributed by atoms with Crippen LogP contribution in [0.2, 0.25) is 0 Å². The first-order valence-corrected chi connectivity index (χ1v) is 4.94. The zero-order valence-electron chi connectivity index (χ0n) is 6.08. The normalized spacial score (nSPS) is 11.8. The Labute approximate surface area is 62.2 Å². The van der Waals surface area contributed by atoms with Gasteiger partial charge in [-0.1, -0.05) is 13.3 Å². The second-order valence-electron chi connectivity index (χ2n) is 2.13. The maximum Gasteiger partial charge on any atom is 0.264 e. The van der Waals surface area contributed by atoms with Crippen molar-refractivity contribution in [2.75, 3.05) is 5.75 Å². The lowest BCUT2D eigenvalue weighted by molar-refractivity contribution is 0.481. The Bertz CT molecular complexity index is 160. The smallest absolute Gasteiger partial charge is 0.264 e. The summed E-state index contributed by atoms with van der Waals surface area (Å²) in [5.74, 6) is -0.122. The molecule has 0 aromatic rings. The molecule has 0 saturated carbocycles. The van der Waals surface area contributed by atoms with E-state index in [1.165, 1.54) is 0 Å². The van der Waals surface area contributed by atoms with Crippen molar-refractivity contribution in [3.8, 4) is 0 Å². The van der Waals surface area contributed by atoms with E-state index in [4.69, 9.17) is 4.55 Å². The van der Waals surface area contributed by atoms with Crippen molar-refractivity contribution in [2.24, 2.45) is 0 Å². The van der Waals surface area contributed by atoms with Crippen LogP contribution in [0.5, 0.6) is 0 Å². The Morgan fingerprint density at radius 1 is 1.50 bits per heavy atom. The maximum absolute atomic E-state index is 10.1. The zero-order chi connectivity index (χ0) is 8.04. The lowest BCUT2D eigenvalue weighted by Crippen LogP contribution is -2.03. The summed E-state index contributed by atoms with van der Waals surface area (Å²) >= 11 is 0. The molecule has 4 heteroatoms. The van der Waals surface area contributed by atoms with Gasteiger partial charge in [-0.15, -0.1) is 0 Å². The second kappa shape index (κ2) is 4.68. The molecule has 0 aliphatic carbocycles. The number of unbranched alkanes of at least 4 members (excludes halogenated alkanes) is 3. The van der Waals surface area contributed by atoms with Crippen molar-refractivity contribution in [1.29, 1.82) is 0 Å². The lowest BCUT2D eigenvalue weighted by Gasteiger charge is -1.94. The van der Waals surface area contributed by atoms with Crippen LogP contribution in [0, 0.1) is 6.42 Å². The predicted molar refractivity (Wildman–Crippen MR) is 40.2 cm³/mol. The molecule has 0 bridgehead atoms. The van der Waals surface area contributed by atoms with Gasteiger partial charge in [-0.3, -0.25) is 4.55 Å². The van der Waals surface area contributed by atoms with Crippen LogP contribution in [-0.4, -0.2) is 18.7 Å². The molecule has 0 spiro atoms. The van der Waals surface area contributed by atoms with Crippen LogP contribution < -0.4 is 0 Å². The summed E-state index contributed by atoms with van der Waals surface area (Å²) < 4.78 is 28.5. The Hall–Kier alpha value is -0.0900. The SMILES string of the molecule is CC[CH]CCCS(=O)(=O)O. The molecule has 0 aromatic heterocycles. The first-order valence-electron chi connectivity index (χ1n) is 3.33. The summed E-state index contributed by atoms with van der Waals surface area (Å²) in [6.45, 7) is 1.99. The van der Waals surface area contributed by atoms with Gasteiger partial charge in [0.15, 0.2) is 0 Å². The minimum Gasteiger partial charge on any atom is -0.286 e. The highest BCUT2D eigenvalue weighted by Gasteiger charge is 2.01. The number of hydrogen-bond acceptors (Lipinski definition) is 2. The van der Waals surface area contributed by atoms with E-state index in [2.05, 4.69) is 0 Å². The molecule has 10 heavy (non-hydrogen) atoms. The van der Waals surface area contributed by atoms with Crippen LogP contribution in [0.4, 0.5) is 0 Å². The van der Waals surface area contributed by atoms with Gasteiger partial charge < -0.3 is 0 Å². The van der Waals surface area contributed by atoms with E-state index < -0.39 is 10.1 Å². The molecular formula is C6H13O3S. The van der Waals surface area contributed by atoms with E-state index in [0.717, 1.165) is 12.8 Å². The van der Waals surface area contributed by atoms with Crippen molar-refractivity contribution in [3.05, 3.63) is 6.42 Å². The summed E-state index contributed by atoms with van der Waals surface area (Å²) in [6.07, 6.45) is 4.22. The van der Waals surface area contributed by atoms with Gasteiger partial charge in [0.1, 0.15) is 0 Å². The molecule has 0 atom stereocenters. The van der Waals surface area contributed by atoms with Crippen LogP contribution in [0.1, 0.15) is 26.2 Å². The molecule has 1 radical (unpaired) electrons. The molecule has 3 nitrogen and oxygen atoms in total. The summed E-state index contributed by atoms with van der Waals surface area (Å²) in [5, 5.41) is 0. The van der Waals surface area contributed by atoms with E-state index in [9.17, 15) is 8.42 Å². The minimum absolute atomic E-state index is 0.122. The molecule has 0 aliphatic heterocycles. The van der Waals surface area contributed by atoms with E-state index in [1.54, 1.807) is 0 Å². The highest BCUT2D eigenvalue weighted by molar-refractivity contribution is 7.85. The van der Waals surface area contributed by atoms with Gasteiger partial charge in [0.05, 0.1) is 5.75 Å². The topological polar surface area (TPSA) is 54.4 Å². The average Bonchev–Trinajstić information content (AvgIpc) is 1.78.